The molecule has 0 saturated heterocycles. The monoisotopic (exact) mass is 348 g/mol. The molecule has 0 radical (unpaired) electrons. The zero-order valence-electron chi connectivity index (χ0n) is 14.4. The summed E-state index contributed by atoms with van der Waals surface area (Å²) < 4.78 is 0. The molecule has 0 heterocycles. The van der Waals surface area contributed by atoms with Gasteiger partial charge in [0.05, 0.1) is 0 Å². The van der Waals surface area contributed by atoms with Gasteiger partial charge in [0.25, 0.3) is 5.97 Å². The zero-order chi connectivity index (χ0) is 19.0. The largest absolute Gasteiger partial charge is 0.481 e. The van der Waals surface area contributed by atoms with Crippen LogP contribution in [0.2, 0.25) is 0 Å². The van der Waals surface area contributed by atoms with Crippen LogP contribution in [0, 0.1) is 0 Å². The van der Waals surface area contributed by atoms with Gasteiger partial charge in [-0.25, -0.2) is 0 Å². The van der Waals surface area contributed by atoms with Crippen LogP contribution < -0.4 is 0 Å². The quantitative estimate of drug-likeness (QED) is 0.693. The van der Waals surface area contributed by atoms with Crippen LogP contribution in [0.4, 0.5) is 0 Å². The molecule has 0 aromatic heterocycles. The van der Waals surface area contributed by atoms with Gasteiger partial charge in [0, 0.05) is 6.92 Å². The molecular formula is C22H20O4. The van der Waals surface area contributed by atoms with E-state index >= 15 is 0 Å². The molecule has 0 aliphatic heterocycles. The second-order valence-corrected chi connectivity index (χ2v) is 5.67. The highest BCUT2D eigenvalue weighted by atomic mass is 16.4. The summed E-state index contributed by atoms with van der Waals surface area (Å²) in [6, 6.07) is 28.1. The first kappa shape index (κ1) is 18.9. The Labute approximate surface area is 152 Å². The lowest BCUT2D eigenvalue weighted by Gasteiger charge is -2.31. The fourth-order valence-electron chi connectivity index (χ4n) is 2.93. The number of hydrogen-bond donors (Lipinski definition) is 2. The Morgan fingerprint density at radius 1 is 0.615 bits per heavy atom. The van der Waals surface area contributed by atoms with E-state index in [1.807, 2.05) is 91.0 Å². The molecule has 4 heteroatoms. The highest BCUT2D eigenvalue weighted by Crippen LogP contribution is 2.39. The fraction of sp³-hybridized carbons (Fsp3) is 0.0909. The Balaban J connectivity index is 0.000000552. The average molecular weight is 348 g/mol. The number of carboxylic acids is 2. The van der Waals surface area contributed by atoms with Crippen LogP contribution in [0.15, 0.2) is 91.0 Å². The van der Waals surface area contributed by atoms with Crippen LogP contribution in [-0.4, -0.2) is 22.2 Å². The van der Waals surface area contributed by atoms with Crippen molar-refractivity contribution in [3.8, 4) is 0 Å². The summed E-state index contributed by atoms with van der Waals surface area (Å²) in [6.07, 6.45) is 0. The highest BCUT2D eigenvalue weighted by molar-refractivity contribution is 5.90. The first-order valence-electron chi connectivity index (χ1n) is 8.09. The lowest BCUT2D eigenvalue weighted by Crippen LogP contribution is -2.38. The van der Waals surface area contributed by atoms with Crippen molar-refractivity contribution in [1.82, 2.24) is 0 Å². The molecule has 3 rings (SSSR count). The maximum atomic E-state index is 12.4. The number of aliphatic carboxylic acids is 2. The maximum Gasteiger partial charge on any atom is 0.323 e. The predicted octanol–water partition coefficient (Wildman–Crippen LogP) is 4.20. The minimum Gasteiger partial charge on any atom is -0.481 e. The van der Waals surface area contributed by atoms with Crippen LogP contribution in [0.3, 0.4) is 0 Å². The minimum atomic E-state index is -1.20. The molecule has 2 N–H and O–H groups in total. The standard InChI is InChI=1S/C20H16O2.C2H4O2/c21-19(22)20(16-10-4-1-5-11-16,17-12-6-2-7-13-17)18-14-8-3-9-15-18;1-2(3)4/h1-15H,(H,21,22);1H3,(H,3,4). The lowest BCUT2D eigenvalue weighted by atomic mass is 9.69. The van der Waals surface area contributed by atoms with Gasteiger partial charge in [-0.1, -0.05) is 91.0 Å². The zero-order valence-corrected chi connectivity index (χ0v) is 14.4. The van der Waals surface area contributed by atoms with Crippen LogP contribution in [0.1, 0.15) is 23.6 Å². The minimum absolute atomic E-state index is 0.750. The second-order valence-electron chi connectivity index (χ2n) is 5.67. The van der Waals surface area contributed by atoms with Gasteiger partial charge in [-0.2, -0.15) is 0 Å². The van der Waals surface area contributed by atoms with Crippen LogP contribution in [0.25, 0.3) is 0 Å². The van der Waals surface area contributed by atoms with Crippen molar-refractivity contribution >= 4 is 11.9 Å². The second kappa shape index (κ2) is 8.62. The van der Waals surface area contributed by atoms with Gasteiger partial charge in [0.1, 0.15) is 5.41 Å². The fourth-order valence-corrected chi connectivity index (χ4v) is 2.93. The molecule has 0 fully saturated rings. The van der Waals surface area contributed by atoms with Gasteiger partial charge in [0.15, 0.2) is 0 Å². The normalized spacial score (nSPS) is 10.3. The van der Waals surface area contributed by atoms with E-state index in [-0.39, 0.29) is 0 Å². The third-order valence-corrected chi connectivity index (χ3v) is 3.94. The Morgan fingerprint density at radius 3 is 1.04 bits per heavy atom. The smallest absolute Gasteiger partial charge is 0.323 e. The number of hydrogen-bond acceptors (Lipinski definition) is 2. The van der Waals surface area contributed by atoms with Crippen molar-refractivity contribution in [3.63, 3.8) is 0 Å². The number of carbonyl (C=O) groups is 2. The SMILES string of the molecule is CC(=O)O.O=C(O)C(c1ccccc1)(c1ccccc1)c1ccccc1. The molecule has 0 aliphatic carbocycles. The van der Waals surface area contributed by atoms with E-state index in [0.29, 0.717) is 0 Å². The van der Waals surface area contributed by atoms with E-state index < -0.39 is 17.4 Å². The number of carboxylic acid groups (broad SMARTS) is 2. The summed E-state index contributed by atoms with van der Waals surface area (Å²) in [5.74, 6) is -1.71. The van der Waals surface area contributed by atoms with Crippen molar-refractivity contribution in [2.75, 3.05) is 0 Å². The highest BCUT2D eigenvalue weighted by Gasteiger charge is 2.43. The summed E-state index contributed by atoms with van der Waals surface area (Å²) in [5.41, 5.74) is 1.05. The molecule has 0 amide bonds. The first-order chi connectivity index (χ1) is 12.5. The van der Waals surface area contributed by atoms with Gasteiger partial charge in [0.2, 0.25) is 0 Å². The summed E-state index contributed by atoms with van der Waals surface area (Å²) in [6.45, 7) is 1.08. The Kier molecular flexibility index (Phi) is 6.28. The van der Waals surface area contributed by atoms with Gasteiger partial charge in [-0.3, -0.25) is 9.59 Å². The van der Waals surface area contributed by atoms with Crippen molar-refractivity contribution in [2.45, 2.75) is 12.3 Å². The van der Waals surface area contributed by atoms with E-state index in [0.717, 1.165) is 23.6 Å². The number of benzene rings is 3. The van der Waals surface area contributed by atoms with Crippen molar-refractivity contribution < 1.29 is 19.8 Å². The lowest BCUT2D eigenvalue weighted by molar-refractivity contribution is -0.140. The third-order valence-electron chi connectivity index (χ3n) is 3.94. The molecule has 0 bridgehead atoms. The summed E-state index contributed by atoms with van der Waals surface area (Å²) >= 11 is 0. The number of rotatable bonds is 4. The van der Waals surface area contributed by atoms with Crippen LogP contribution in [0.5, 0.6) is 0 Å². The van der Waals surface area contributed by atoms with E-state index in [2.05, 4.69) is 0 Å². The average Bonchev–Trinajstić information content (AvgIpc) is 2.64. The topological polar surface area (TPSA) is 74.6 Å². The summed E-state index contributed by atoms with van der Waals surface area (Å²) in [7, 11) is 0. The molecule has 3 aromatic carbocycles. The van der Waals surface area contributed by atoms with Crippen molar-refractivity contribution in [1.29, 1.82) is 0 Å². The molecular weight excluding hydrogens is 328 g/mol. The van der Waals surface area contributed by atoms with Gasteiger partial charge >= 0.3 is 5.97 Å². The van der Waals surface area contributed by atoms with Crippen LogP contribution in [-0.2, 0) is 15.0 Å². The Morgan fingerprint density at radius 2 is 0.846 bits per heavy atom. The van der Waals surface area contributed by atoms with Crippen LogP contribution >= 0.6 is 0 Å². The molecule has 0 unspecified atom stereocenters. The maximum absolute atomic E-state index is 12.4. The Hall–Kier alpha value is -3.40. The first-order valence-corrected chi connectivity index (χ1v) is 8.09. The summed E-state index contributed by atoms with van der Waals surface area (Å²) in [4.78, 5) is 21.4. The Bertz CT molecular complexity index is 742. The van der Waals surface area contributed by atoms with E-state index in [1.54, 1.807) is 0 Å². The molecule has 0 atom stereocenters. The van der Waals surface area contributed by atoms with Crippen molar-refractivity contribution in [2.24, 2.45) is 0 Å². The van der Waals surface area contributed by atoms with E-state index in [1.165, 1.54) is 0 Å². The predicted molar refractivity (Wildman–Crippen MR) is 100 cm³/mol. The van der Waals surface area contributed by atoms with E-state index in [4.69, 9.17) is 9.90 Å². The molecule has 3 aromatic rings. The van der Waals surface area contributed by atoms with Gasteiger partial charge < -0.3 is 10.2 Å². The molecule has 132 valence electrons. The van der Waals surface area contributed by atoms with E-state index in [9.17, 15) is 9.90 Å². The van der Waals surface area contributed by atoms with Gasteiger partial charge in [-0.15, -0.1) is 0 Å². The molecule has 0 spiro atoms. The molecule has 0 saturated carbocycles. The molecule has 0 aliphatic rings. The molecule has 4 nitrogen and oxygen atoms in total. The van der Waals surface area contributed by atoms with Crippen molar-refractivity contribution in [3.05, 3.63) is 108 Å². The third kappa shape index (κ3) is 3.98. The summed E-state index contributed by atoms with van der Waals surface area (Å²) in [5, 5.41) is 17.6. The molecule has 26 heavy (non-hydrogen) atoms. The van der Waals surface area contributed by atoms with Gasteiger partial charge in [-0.05, 0) is 16.7 Å².